The van der Waals surface area contributed by atoms with Crippen molar-refractivity contribution in [3.8, 4) is 5.75 Å². The number of hydrogen-bond donors (Lipinski definition) is 1. The molecule has 1 aliphatic heterocycles. The van der Waals surface area contributed by atoms with E-state index in [2.05, 4.69) is 32.5 Å². The molecule has 0 unspecified atom stereocenters. The fraction of sp³-hybridized carbons (Fsp3) is 0.500. The van der Waals surface area contributed by atoms with Crippen LogP contribution in [0.5, 0.6) is 5.75 Å². The van der Waals surface area contributed by atoms with E-state index in [0.717, 1.165) is 12.8 Å². The number of aromatic amines is 1. The molecule has 1 saturated heterocycles. The molecule has 1 fully saturated rings. The fourth-order valence-corrected chi connectivity index (χ4v) is 2.71. The molecule has 1 amide bonds. The van der Waals surface area contributed by atoms with Gasteiger partial charge in [0.05, 0.1) is 7.11 Å². The first-order valence-electron chi connectivity index (χ1n) is 7.16. The van der Waals surface area contributed by atoms with Crippen molar-refractivity contribution in [3.63, 3.8) is 0 Å². The second kappa shape index (κ2) is 5.70. The minimum absolute atomic E-state index is 0.104. The zero-order valence-corrected chi connectivity index (χ0v) is 12.6. The van der Waals surface area contributed by atoms with E-state index in [4.69, 9.17) is 4.74 Å². The first-order chi connectivity index (χ1) is 10.6. The van der Waals surface area contributed by atoms with Crippen LogP contribution in [-0.4, -0.2) is 56.6 Å². The number of pyridine rings is 1. The van der Waals surface area contributed by atoms with Gasteiger partial charge in [0.2, 0.25) is 0 Å². The predicted molar refractivity (Wildman–Crippen MR) is 77.5 cm³/mol. The number of nitrogens with zero attached hydrogens (tertiary/aromatic N) is 5. The fourth-order valence-electron chi connectivity index (χ4n) is 2.71. The number of aromatic nitrogens is 5. The first-order valence-corrected chi connectivity index (χ1v) is 7.16. The third kappa shape index (κ3) is 2.51. The number of piperidine rings is 1. The molecule has 8 nitrogen and oxygen atoms in total. The van der Waals surface area contributed by atoms with Crippen LogP contribution in [0.4, 0.5) is 0 Å². The second-order valence-electron chi connectivity index (χ2n) is 5.64. The number of ether oxygens (including phenoxy) is 1. The summed E-state index contributed by atoms with van der Waals surface area (Å²) in [5.74, 6) is 1.10. The van der Waals surface area contributed by atoms with E-state index < -0.39 is 0 Å². The van der Waals surface area contributed by atoms with Gasteiger partial charge in [-0.3, -0.25) is 4.79 Å². The third-order valence-corrected chi connectivity index (χ3v) is 4.23. The zero-order chi connectivity index (χ0) is 15.6. The summed E-state index contributed by atoms with van der Waals surface area (Å²) in [4.78, 5) is 18.6. The summed E-state index contributed by atoms with van der Waals surface area (Å²) in [7, 11) is 1.54. The highest BCUT2D eigenvalue weighted by Gasteiger charge is 2.37. The van der Waals surface area contributed by atoms with Crippen LogP contribution in [0.25, 0.3) is 0 Å². The van der Waals surface area contributed by atoms with E-state index in [-0.39, 0.29) is 11.3 Å². The van der Waals surface area contributed by atoms with Crippen LogP contribution in [0.15, 0.2) is 18.3 Å². The number of carbonyl (C=O) groups excluding carboxylic acids is 1. The molecule has 0 spiro atoms. The Morgan fingerprint density at radius 1 is 1.41 bits per heavy atom. The number of likely N-dealkylation sites (tertiary alicyclic amines) is 1. The molecule has 1 aliphatic rings. The Labute approximate surface area is 127 Å². The molecule has 0 aliphatic carbocycles. The van der Waals surface area contributed by atoms with E-state index >= 15 is 0 Å². The molecule has 8 heteroatoms. The lowest BCUT2D eigenvalue weighted by Gasteiger charge is -2.37. The monoisotopic (exact) mass is 302 g/mol. The predicted octanol–water partition coefficient (Wildman–Crippen LogP) is 0.797. The maximum atomic E-state index is 12.6. The molecule has 22 heavy (non-hydrogen) atoms. The normalized spacial score (nSPS) is 17.3. The van der Waals surface area contributed by atoms with Gasteiger partial charge in [-0.05, 0) is 25.0 Å². The van der Waals surface area contributed by atoms with Gasteiger partial charge in [-0.2, -0.15) is 5.21 Å². The molecule has 3 rings (SSSR count). The number of hydrogen-bond acceptors (Lipinski definition) is 6. The van der Waals surface area contributed by atoms with Gasteiger partial charge in [-0.1, -0.05) is 12.1 Å². The zero-order valence-electron chi connectivity index (χ0n) is 12.6. The van der Waals surface area contributed by atoms with Crippen molar-refractivity contribution in [1.29, 1.82) is 0 Å². The van der Waals surface area contributed by atoms with Crippen molar-refractivity contribution < 1.29 is 9.53 Å². The minimum Gasteiger partial charge on any atom is -0.494 e. The van der Waals surface area contributed by atoms with Gasteiger partial charge in [0, 0.05) is 24.7 Å². The maximum Gasteiger partial charge on any atom is 0.276 e. The topological polar surface area (TPSA) is 96.9 Å². The Bertz CT molecular complexity index is 649. The van der Waals surface area contributed by atoms with Crippen molar-refractivity contribution in [1.82, 2.24) is 30.5 Å². The molecule has 1 N–H and O–H groups in total. The quantitative estimate of drug-likeness (QED) is 0.900. The molecule has 0 saturated carbocycles. The lowest BCUT2D eigenvalue weighted by Crippen LogP contribution is -2.44. The van der Waals surface area contributed by atoms with Gasteiger partial charge in [-0.15, -0.1) is 10.2 Å². The van der Waals surface area contributed by atoms with Crippen LogP contribution in [0.2, 0.25) is 0 Å². The summed E-state index contributed by atoms with van der Waals surface area (Å²) in [6, 6.07) is 3.49. The van der Waals surface area contributed by atoms with Gasteiger partial charge in [0.25, 0.3) is 5.91 Å². The lowest BCUT2D eigenvalue weighted by molar-refractivity contribution is 0.0661. The standard InChI is InChI=1S/C14H18N6O2/c1-14(13-16-18-19-17-13)5-8-20(9-6-14)12(21)11-10(22-2)4-3-7-15-11/h3-4,7H,5-6,8-9H2,1-2H3,(H,16,17,18,19). The summed E-state index contributed by atoms with van der Waals surface area (Å²) in [5, 5.41) is 14.3. The number of rotatable bonds is 3. The van der Waals surface area contributed by atoms with Gasteiger partial charge < -0.3 is 9.64 Å². The van der Waals surface area contributed by atoms with Crippen LogP contribution in [-0.2, 0) is 5.41 Å². The van der Waals surface area contributed by atoms with Crippen molar-refractivity contribution in [2.45, 2.75) is 25.2 Å². The van der Waals surface area contributed by atoms with Crippen molar-refractivity contribution in [3.05, 3.63) is 29.8 Å². The van der Waals surface area contributed by atoms with Crippen LogP contribution >= 0.6 is 0 Å². The van der Waals surface area contributed by atoms with E-state index in [1.165, 1.54) is 7.11 Å². The molecule has 0 atom stereocenters. The van der Waals surface area contributed by atoms with Crippen LogP contribution in [0.1, 0.15) is 36.1 Å². The van der Waals surface area contributed by atoms with Gasteiger partial charge >= 0.3 is 0 Å². The largest absolute Gasteiger partial charge is 0.494 e. The summed E-state index contributed by atoms with van der Waals surface area (Å²) in [5.41, 5.74) is 0.200. The Hall–Kier alpha value is -2.51. The molecular weight excluding hydrogens is 284 g/mol. The molecule has 2 aromatic rings. The molecule has 0 aromatic carbocycles. The van der Waals surface area contributed by atoms with Crippen molar-refractivity contribution >= 4 is 5.91 Å². The number of H-pyrrole nitrogens is 1. The number of nitrogens with one attached hydrogen (secondary N) is 1. The average molecular weight is 302 g/mol. The maximum absolute atomic E-state index is 12.6. The molecular formula is C14H18N6O2. The Morgan fingerprint density at radius 2 is 2.18 bits per heavy atom. The summed E-state index contributed by atoms with van der Waals surface area (Å²) >= 11 is 0. The van der Waals surface area contributed by atoms with Crippen molar-refractivity contribution in [2.75, 3.05) is 20.2 Å². The molecule has 2 aromatic heterocycles. The smallest absolute Gasteiger partial charge is 0.276 e. The Kier molecular flexibility index (Phi) is 3.74. The summed E-state index contributed by atoms with van der Waals surface area (Å²) in [6.07, 6.45) is 3.17. The van der Waals surface area contributed by atoms with E-state index in [1.54, 1.807) is 23.2 Å². The highest BCUT2D eigenvalue weighted by atomic mass is 16.5. The van der Waals surface area contributed by atoms with Gasteiger partial charge in [-0.25, -0.2) is 4.98 Å². The highest BCUT2D eigenvalue weighted by Crippen LogP contribution is 2.33. The highest BCUT2D eigenvalue weighted by molar-refractivity contribution is 5.95. The van der Waals surface area contributed by atoms with Crippen LogP contribution in [0, 0.1) is 0 Å². The third-order valence-electron chi connectivity index (χ3n) is 4.23. The van der Waals surface area contributed by atoms with E-state index in [0.29, 0.717) is 30.4 Å². The lowest BCUT2D eigenvalue weighted by atomic mass is 9.79. The average Bonchev–Trinajstić information content (AvgIpc) is 3.10. The van der Waals surface area contributed by atoms with Crippen LogP contribution in [0.3, 0.4) is 0 Å². The molecule has 0 radical (unpaired) electrons. The van der Waals surface area contributed by atoms with E-state index in [1.807, 2.05) is 0 Å². The van der Waals surface area contributed by atoms with Gasteiger partial charge in [0.15, 0.2) is 11.5 Å². The SMILES string of the molecule is COc1cccnc1C(=O)N1CCC(C)(c2nn[nH]n2)CC1. The first kappa shape index (κ1) is 14.4. The number of tetrazole rings is 1. The number of methoxy groups -OCH3 is 1. The van der Waals surface area contributed by atoms with E-state index in [9.17, 15) is 4.79 Å². The van der Waals surface area contributed by atoms with Crippen molar-refractivity contribution in [2.24, 2.45) is 0 Å². The molecule has 0 bridgehead atoms. The summed E-state index contributed by atoms with van der Waals surface area (Å²) < 4.78 is 5.21. The molecule has 116 valence electrons. The number of amides is 1. The molecule has 3 heterocycles. The summed E-state index contributed by atoms with van der Waals surface area (Å²) in [6.45, 7) is 3.36. The Morgan fingerprint density at radius 3 is 2.82 bits per heavy atom. The second-order valence-corrected chi connectivity index (χ2v) is 5.64. The number of carbonyl (C=O) groups is 1. The van der Waals surface area contributed by atoms with Crippen LogP contribution < -0.4 is 4.74 Å². The Balaban J connectivity index is 1.72. The minimum atomic E-state index is -0.155. The van der Waals surface area contributed by atoms with Gasteiger partial charge in [0.1, 0.15) is 5.75 Å².